The zero-order valence-corrected chi connectivity index (χ0v) is 18.1. The van der Waals surface area contributed by atoms with Gasteiger partial charge in [-0.1, -0.05) is 29.4 Å². The van der Waals surface area contributed by atoms with E-state index in [1.165, 1.54) is 29.7 Å². The number of allylic oxidation sites excluding steroid dienone is 4. The van der Waals surface area contributed by atoms with Crippen molar-refractivity contribution < 1.29 is 25.2 Å². The van der Waals surface area contributed by atoms with Crippen LogP contribution in [0.15, 0.2) is 36.0 Å². The van der Waals surface area contributed by atoms with Crippen molar-refractivity contribution in [1.29, 1.82) is 0 Å². The Morgan fingerprint density at radius 2 is 1.62 bits per heavy atom. The van der Waals surface area contributed by atoms with E-state index in [4.69, 9.17) is 0 Å². The fraction of sp³-hybridized carbons (Fsp3) is 0.667. The summed E-state index contributed by atoms with van der Waals surface area (Å²) in [5.74, 6) is 0. The summed E-state index contributed by atoms with van der Waals surface area (Å²) in [6.07, 6.45) is 11.4. The normalized spacial score (nSPS) is 16.7. The molecule has 0 heterocycles. The first-order valence-corrected chi connectivity index (χ1v) is 12.0. The monoisotopic (exact) mass is 416 g/mol. The highest BCUT2D eigenvalue weighted by atomic mass is 32.3. The molecule has 154 valence electrons. The third-order valence-corrected chi connectivity index (χ3v) is 9.58. The topological polar surface area (TPSA) is 43.4 Å². The van der Waals surface area contributed by atoms with E-state index in [-0.39, 0.29) is 0 Å². The van der Waals surface area contributed by atoms with Crippen LogP contribution >= 0.6 is 10.3 Å². The first-order chi connectivity index (χ1) is 11.6. The summed E-state index contributed by atoms with van der Waals surface area (Å²) in [6, 6.07) is 0. The molecular formula is C18H31F3O3S2. The Hall–Kier alpha value is -0.730. The summed E-state index contributed by atoms with van der Waals surface area (Å²) in [5.41, 5.74) is -2.99. The van der Waals surface area contributed by atoms with Crippen LogP contribution in [-0.2, 0) is 13.7 Å². The van der Waals surface area contributed by atoms with Crippen molar-refractivity contribution in [2.75, 3.05) is 12.5 Å². The molecule has 0 saturated heterocycles. The second-order valence-corrected chi connectivity index (χ2v) is 12.4. The third kappa shape index (κ3) is 7.48. The lowest BCUT2D eigenvalue weighted by Gasteiger charge is -2.45. The zero-order valence-electron chi connectivity index (χ0n) is 16.4. The molecule has 0 N–H and O–H groups in total. The van der Waals surface area contributed by atoms with Crippen LogP contribution in [0, 0.1) is 0 Å². The van der Waals surface area contributed by atoms with Crippen LogP contribution in [-0.4, -0.2) is 31.2 Å². The lowest BCUT2D eigenvalue weighted by molar-refractivity contribution is -0.0496. The van der Waals surface area contributed by atoms with Crippen LogP contribution in [0.25, 0.3) is 0 Å². The Bertz CT molecular complexity index is 643. The Morgan fingerprint density at radius 3 is 2.04 bits per heavy atom. The van der Waals surface area contributed by atoms with E-state index in [2.05, 4.69) is 16.3 Å². The Kier molecular flexibility index (Phi) is 9.20. The van der Waals surface area contributed by atoms with Crippen LogP contribution in [0.5, 0.6) is 0 Å². The van der Waals surface area contributed by atoms with E-state index in [1.807, 2.05) is 26.8 Å². The van der Waals surface area contributed by atoms with E-state index in [0.29, 0.717) is 12.8 Å². The van der Waals surface area contributed by atoms with Gasteiger partial charge in [-0.2, -0.15) is 21.6 Å². The largest absolute Gasteiger partial charge is 0.523 e. The molecule has 8 heteroatoms. The van der Waals surface area contributed by atoms with Gasteiger partial charge >= 0.3 is 15.6 Å². The number of rotatable bonds is 10. The van der Waals surface area contributed by atoms with E-state index < -0.39 is 30.7 Å². The van der Waals surface area contributed by atoms with Crippen molar-refractivity contribution in [3.05, 3.63) is 36.0 Å². The fourth-order valence-electron chi connectivity index (χ4n) is 2.18. The minimum atomic E-state index is -5.64. The van der Waals surface area contributed by atoms with Gasteiger partial charge in [0, 0.05) is 4.75 Å². The Morgan fingerprint density at radius 1 is 1.08 bits per heavy atom. The maximum Gasteiger partial charge on any atom is 0.523 e. The number of alkyl halides is 3. The first kappa shape index (κ1) is 25.3. The van der Waals surface area contributed by atoms with Crippen LogP contribution in [0.2, 0.25) is 0 Å². The van der Waals surface area contributed by atoms with Crippen LogP contribution in [0.3, 0.4) is 0 Å². The molecule has 0 bridgehead atoms. The van der Waals surface area contributed by atoms with Crippen molar-refractivity contribution in [1.82, 2.24) is 0 Å². The number of halogens is 3. The number of hydrogen-bond acceptors (Lipinski definition) is 3. The van der Waals surface area contributed by atoms with Gasteiger partial charge in [-0.25, -0.2) is 3.63 Å². The van der Waals surface area contributed by atoms with Crippen LogP contribution < -0.4 is 0 Å². The smallest absolute Gasteiger partial charge is 0.213 e. The predicted octanol–water partition coefficient (Wildman–Crippen LogP) is 6.25. The summed E-state index contributed by atoms with van der Waals surface area (Å²) < 4.78 is 64.5. The van der Waals surface area contributed by atoms with Crippen molar-refractivity contribution >= 4 is 20.4 Å². The van der Waals surface area contributed by atoms with Gasteiger partial charge < -0.3 is 0 Å². The lowest BCUT2D eigenvalue weighted by Crippen LogP contribution is -2.35. The van der Waals surface area contributed by atoms with Gasteiger partial charge in [0.2, 0.25) is 0 Å². The van der Waals surface area contributed by atoms with E-state index in [1.54, 1.807) is 6.92 Å². The number of hydrogen-bond donors (Lipinski definition) is 0. The molecule has 0 aromatic rings. The first-order valence-electron chi connectivity index (χ1n) is 8.26. The summed E-state index contributed by atoms with van der Waals surface area (Å²) in [5, 5.41) is 0. The second-order valence-electron chi connectivity index (χ2n) is 7.13. The van der Waals surface area contributed by atoms with E-state index >= 15 is 0 Å². The fourth-order valence-corrected chi connectivity index (χ4v) is 5.92. The quantitative estimate of drug-likeness (QED) is 0.312. The molecule has 0 amide bonds. The molecule has 0 aliphatic carbocycles. The molecule has 0 aromatic carbocycles. The van der Waals surface area contributed by atoms with Gasteiger partial charge in [-0.05, 0) is 65.9 Å². The van der Waals surface area contributed by atoms with Crippen molar-refractivity contribution in [3.8, 4) is 0 Å². The molecule has 3 nitrogen and oxygen atoms in total. The minimum absolute atomic E-state index is 0.451. The van der Waals surface area contributed by atoms with Gasteiger partial charge in [0.05, 0.1) is 0 Å². The molecule has 1 atom stereocenters. The highest BCUT2D eigenvalue weighted by Crippen LogP contribution is 2.59. The van der Waals surface area contributed by atoms with E-state index in [9.17, 15) is 21.6 Å². The molecular weight excluding hydrogens is 385 g/mol. The minimum Gasteiger partial charge on any atom is -0.213 e. The van der Waals surface area contributed by atoms with Gasteiger partial charge in [-0.15, -0.1) is 16.9 Å². The highest BCUT2D eigenvalue weighted by Gasteiger charge is 2.52. The molecule has 0 radical (unpaired) electrons. The maximum absolute atomic E-state index is 12.6. The summed E-state index contributed by atoms with van der Waals surface area (Å²) in [6.45, 7) is 11.5. The average molecular weight is 417 g/mol. The Labute approximate surface area is 158 Å². The predicted molar refractivity (Wildman–Crippen MR) is 106 cm³/mol. The maximum atomic E-state index is 12.6. The molecule has 0 spiro atoms. The van der Waals surface area contributed by atoms with Crippen LogP contribution in [0.4, 0.5) is 13.2 Å². The SMILES string of the molecule is C=CC(C)(CCC=C(C)CCC=C(C)C)S(C)(C)OS(=O)(=O)C(F)(F)F. The molecule has 0 aromatic heterocycles. The van der Waals surface area contributed by atoms with Gasteiger partial charge in [0.25, 0.3) is 0 Å². The molecule has 0 aliphatic rings. The average Bonchev–Trinajstić information content (AvgIpc) is 2.44. The summed E-state index contributed by atoms with van der Waals surface area (Å²) in [4.78, 5) is 0. The second kappa shape index (κ2) is 9.46. The highest BCUT2D eigenvalue weighted by molar-refractivity contribution is 8.33. The third-order valence-electron chi connectivity index (χ3n) is 4.32. The van der Waals surface area contributed by atoms with Gasteiger partial charge in [-0.3, -0.25) is 0 Å². The van der Waals surface area contributed by atoms with Crippen molar-refractivity contribution in [2.24, 2.45) is 0 Å². The molecule has 0 saturated carbocycles. The van der Waals surface area contributed by atoms with Gasteiger partial charge in [0.1, 0.15) is 0 Å². The van der Waals surface area contributed by atoms with Crippen LogP contribution in [0.1, 0.15) is 53.4 Å². The standard InChI is InChI=1S/C18H31F3O3S2/c1-8-17(5,14-10-13-16(4)12-9-11-15(2)3)25(6,7)24-26(22,23)18(19,20)21/h8,11,13H,1,9-10,12,14H2,2-7H3. The van der Waals surface area contributed by atoms with E-state index in [0.717, 1.165) is 12.8 Å². The lowest BCUT2D eigenvalue weighted by atomic mass is 10.0. The van der Waals surface area contributed by atoms with Crippen molar-refractivity contribution in [2.45, 2.75) is 63.6 Å². The summed E-state index contributed by atoms with van der Waals surface area (Å²) in [7, 11) is -8.25. The molecule has 0 rings (SSSR count). The van der Waals surface area contributed by atoms with Gasteiger partial charge in [0.15, 0.2) is 0 Å². The molecule has 26 heavy (non-hydrogen) atoms. The Balaban J connectivity index is 5.11. The zero-order chi connectivity index (χ0) is 20.8. The molecule has 1 unspecified atom stereocenters. The summed E-state index contributed by atoms with van der Waals surface area (Å²) >= 11 is 0. The molecule has 0 fully saturated rings. The molecule has 0 aliphatic heterocycles. The van der Waals surface area contributed by atoms with Crippen molar-refractivity contribution in [3.63, 3.8) is 0 Å².